The van der Waals surface area contributed by atoms with Gasteiger partial charge in [-0.05, 0) is 68.7 Å². The monoisotopic (exact) mass is 486 g/mol. The number of carbonyl (C=O) groups is 2. The highest BCUT2D eigenvalue weighted by Crippen LogP contribution is 2.34. The molecule has 33 heavy (non-hydrogen) atoms. The zero-order valence-corrected chi connectivity index (χ0v) is 20.7. The molecule has 0 fully saturated rings. The summed E-state index contributed by atoms with van der Waals surface area (Å²) in [6, 6.07) is 12.6. The maximum atomic E-state index is 13.1. The highest BCUT2D eigenvalue weighted by Gasteiger charge is 2.22. The Kier molecular flexibility index (Phi) is 8.36. The molecule has 0 bridgehead atoms. The maximum Gasteiger partial charge on any atom is 0.259 e. The molecule has 0 aliphatic heterocycles. The summed E-state index contributed by atoms with van der Waals surface area (Å²) in [5.41, 5.74) is 2.82. The van der Waals surface area contributed by atoms with E-state index in [0.717, 1.165) is 21.8 Å². The molecule has 1 heterocycles. The van der Waals surface area contributed by atoms with Gasteiger partial charge >= 0.3 is 0 Å². The van der Waals surface area contributed by atoms with E-state index >= 15 is 0 Å². The second-order valence-corrected chi connectivity index (χ2v) is 9.21. The van der Waals surface area contributed by atoms with Crippen molar-refractivity contribution in [1.29, 1.82) is 0 Å². The fourth-order valence-electron chi connectivity index (χ4n) is 3.30. The molecule has 0 atom stereocenters. The molecule has 0 radical (unpaired) electrons. The Morgan fingerprint density at radius 1 is 1.03 bits per heavy atom. The van der Waals surface area contributed by atoms with Crippen LogP contribution in [0, 0.1) is 20.8 Å². The summed E-state index contributed by atoms with van der Waals surface area (Å²) in [6.07, 6.45) is 0.816. The minimum absolute atomic E-state index is 0.168. The first-order valence-electron chi connectivity index (χ1n) is 10.5. The predicted octanol–water partition coefficient (Wildman–Crippen LogP) is 6.39. The van der Waals surface area contributed by atoms with Crippen LogP contribution >= 0.6 is 22.9 Å². The first kappa shape index (κ1) is 24.6. The lowest BCUT2D eigenvalue weighted by atomic mass is 10.1. The highest BCUT2D eigenvalue weighted by atomic mass is 35.5. The van der Waals surface area contributed by atoms with Crippen LogP contribution in [0.15, 0.2) is 42.5 Å². The maximum absolute atomic E-state index is 13.1. The average Bonchev–Trinajstić information content (AvgIpc) is 3.05. The van der Waals surface area contributed by atoms with Crippen LogP contribution in [0.5, 0.6) is 11.5 Å². The second kappa shape index (κ2) is 11.2. The summed E-state index contributed by atoms with van der Waals surface area (Å²) >= 11 is 7.35. The molecule has 8 heteroatoms. The van der Waals surface area contributed by atoms with Gasteiger partial charge in [0.05, 0.1) is 25.0 Å². The molecular weight excluding hydrogens is 460 g/mol. The number of thiophene rings is 1. The molecule has 0 unspecified atom stereocenters. The molecule has 2 aromatic carbocycles. The fraction of sp³-hybridized carbons (Fsp3) is 0.280. The lowest BCUT2D eigenvalue weighted by Crippen LogP contribution is -2.18. The van der Waals surface area contributed by atoms with Crippen LogP contribution in [0.3, 0.4) is 0 Å². The molecule has 1 aromatic heterocycles. The second-order valence-electron chi connectivity index (χ2n) is 7.55. The molecular formula is C25H27ClN2O4S. The van der Waals surface area contributed by atoms with Crippen molar-refractivity contribution in [2.24, 2.45) is 0 Å². The molecule has 3 rings (SSSR count). The molecule has 0 spiro atoms. The van der Waals surface area contributed by atoms with E-state index < -0.39 is 0 Å². The molecule has 2 amide bonds. The van der Waals surface area contributed by atoms with Crippen LogP contribution in [0.1, 0.15) is 39.2 Å². The number of aryl methyl sites for hydroxylation is 2. The summed E-state index contributed by atoms with van der Waals surface area (Å²) in [7, 11) is 1.55. The van der Waals surface area contributed by atoms with Gasteiger partial charge in [-0.25, -0.2) is 0 Å². The first-order chi connectivity index (χ1) is 15.8. The minimum Gasteiger partial charge on any atom is -0.495 e. The summed E-state index contributed by atoms with van der Waals surface area (Å²) in [5, 5.41) is 6.98. The number of carbonyl (C=O) groups excluding carboxylic acids is 2. The number of hydrogen-bond donors (Lipinski definition) is 2. The van der Waals surface area contributed by atoms with Gasteiger partial charge in [0.1, 0.15) is 16.5 Å². The van der Waals surface area contributed by atoms with Crippen LogP contribution in [-0.4, -0.2) is 25.5 Å². The van der Waals surface area contributed by atoms with Crippen LogP contribution < -0.4 is 20.1 Å². The van der Waals surface area contributed by atoms with E-state index in [0.29, 0.717) is 40.1 Å². The van der Waals surface area contributed by atoms with E-state index in [1.807, 2.05) is 45.0 Å². The van der Waals surface area contributed by atoms with E-state index in [2.05, 4.69) is 10.6 Å². The Hall–Kier alpha value is -3.03. The molecule has 6 nitrogen and oxygen atoms in total. The number of methoxy groups -OCH3 is 1. The summed E-state index contributed by atoms with van der Waals surface area (Å²) in [4.78, 5) is 26.6. The number of hydrogen-bond acceptors (Lipinski definition) is 5. The first-order valence-corrected chi connectivity index (χ1v) is 11.7. The number of ether oxygens (including phenoxy) is 2. The van der Waals surface area contributed by atoms with Crippen molar-refractivity contribution in [3.05, 3.63) is 69.1 Å². The third-order valence-corrected chi connectivity index (χ3v) is 6.52. The van der Waals surface area contributed by atoms with Crippen molar-refractivity contribution in [1.82, 2.24) is 0 Å². The SMILES string of the molecule is COc1ccccc1NC(=O)c1c(NC(=O)CCCOc2ccc(Cl)cc2C)sc(C)c1C. The Morgan fingerprint density at radius 2 is 1.79 bits per heavy atom. The Balaban J connectivity index is 1.61. The number of rotatable bonds is 9. The van der Waals surface area contributed by atoms with Crippen LogP contribution in [-0.2, 0) is 4.79 Å². The number of amides is 2. The van der Waals surface area contributed by atoms with Crippen molar-refractivity contribution < 1.29 is 19.1 Å². The Morgan fingerprint density at radius 3 is 2.52 bits per heavy atom. The molecule has 0 saturated heterocycles. The lowest BCUT2D eigenvalue weighted by molar-refractivity contribution is -0.116. The molecule has 0 aliphatic carbocycles. The molecule has 174 valence electrons. The van der Waals surface area contributed by atoms with Crippen LogP contribution in [0.4, 0.5) is 10.7 Å². The number of benzene rings is 2. The van der Waals surface area contributed by atoms with Gasteiger partial charge < -0.3 is 20.1 Å². The van der Waals surface area contributed by atoms with E-state index in [-0.39, 0.29) is 18.2 Å². The molecule has 3 aromatic rings. The number of anilines is 2. The zero-order chi connectivity index (χ0) is 24.0. The van der Waals surface area contributed by atoms with Crippen molar-refractivity contribution in [3.63, 3.8) is 0 Å². The summed E-state index contributed by atoms with van der Waals surface area (Å²) in [6.45, 7) is 6.13. The molecule has 0 aliphatic rings. The van der Waals surface area contributed by atoms with E-state index in [4.69, 9.17) is 21.1 Å². The van der Waals surface area contributed by atoms with Gasteiger partial charge in [-0.15, -0.1) is 11.3 Å². The number of halogens is 1. The van der Waals surface area contributed by atoms with Gasteiger partial charge in [-0.2, -0.15) is 0 Å². The fourth-order valence-corrected chi connectivity index (χ4v) is 4.60. The van der Waals surface area contributed by atoms with Gasteiger partial charge in [0.15, 0.2) is 0 Å². The van der Waals surface area contributed by atoms with Crippen molar-refractivity contribution in [3.8, 4) is 11.5 Å². The Bertz CT molecular complexity index is 1160. The van der Waals surface area contributed by atoms with E-state index in [1.165, 1.54) is 11.3 Å². The molecule has 0 saturated carbocycles. The van der Waals surface area contributed by atoms with Gasteiger partial charge in [-0.3, -0.25) is 9.59 Å². The van der Waals surface area contributed by atoms with Gasteiger partial charge in [0, 0.05) is 16.3 Å². The topological polar surface area (TPSA) is 76.7 Å². The quantitative estimate of drug-likeness (QED) is 0.344. The van der Waals surface area contributed by atoms with E-state index in [9.17, 15) is 9.59 Å². The largest absolute Gasteiger partial charge is 0.495 e. The standard InChI is InChI=1S/C25H27ClN2O4S/c1-15-14-18(26)11-12-20(15)32-13-7-10-22(29)28-25-23(16(2)17(3)33-25)24(30)27-19-8-5-6-9-21(19)31-4/h5-6,8-9,11-12,14H,7,10,13H2,1-4H3,(H,27,30)(H,28,29). The van der Waals surface area contributed by atoms with E-state index in [1.54, 1.807) is 25.3 Å². The zero-order valence-electron chi connectivity index (χ0n) is 19.1. The summed E-state index contributed by atoms with van der Waals surface area (Å²) in [5.74, 6) is 0.855. The third kappa shape index (κ3) is 6.27. The smallest absolute Gasteiger partial charge is 0.259 e. The number of nitrogens with one attached hydrogen (secondary N) is 2. The number of para-hydroxylation sites is 2. The summed E-state index contributed by atoms with van der Waals surface area (Å²) < 4.78 is 11.1. The van der Waals surface area contributed by atoms with Crippen molar-refractivity contribution >= 4 is 45.4 Å². The van der Waals surface area contributed by atoms with Gasteiger partial charge in [0.25, 0.3) is 5.91 Å². The van der Waals surface area contributed by atoms with Crippen molar-refractivity contribution in [2.45, 2.75) is 33.6 Å². The Labute approximate surface area is 202 Å². The average molecular weight is 487 g/mol. The lowest BCUT2D eigenvalue weighted by Gasteiger charge is -2.12. The van der Waals surface area contributed by atoms with Gasteiger partial charge in [0.2, 0.25) is 5.91 Å². The predicted molar refractivity (Wildman–Crippen MR) is 134 cm³/mol. The van der Waals surface area contributed by atoms with Crippen molar-refractivity contribution in [2.75, 3.05) is 24.4 Å². The third-order valence-electron chi connectivity index (χ3n) is 5.16. The van der Waals surface area contributed by atoms with Crippen LogP contribution in [0.25, 0.3) is 0 Å². The highest BCUT2D eigenvalue weighted by molar-refractivity contribution is 7.16. The van der Waals surface area contributed by atoms with Gasteiger partial charge in [-0.1, -0.05) is 23.7 Å². The van der Waals surface area contributed by atoms with Crippen LogP contribution in [0.2, 0.25) is 5.02 Å². The molecule has 2 N–H and O–H groups in total. The minimum atomic E-state index is -0.293. The normalized spacial score (nSPS) is 10.6.